The second-order valence-electron chi connectivity index (χ2n) is 5.85. The molecule has 1 unspecified atom stereocenters. The minimum absolute atomic E-state index is 0.0152. The molecule has 1 aromatic carbocycles. The highest BCUT2D eigenvalue weighted by molar-refractivity contribution is 7.89. The third-order valence-electron chi connectivity index (χ3n) is 3.83. The number of benzene rings is 1. The predicted molar refractivity (Wildman–Crippen MR) is 92.3 cm³/mol. The van der Waals surface area contributed by atoms with E-state index in [1.165, 1.54) is 6.92 Å². The molecule has 0 fully saturated rings. The maximum Gasteiger partial charge on any atom is 0.246 e. The van der Waals surface area contributed by atoms with E-state index in [0.717, 1.165) is 11.1 Å². The van der Waals surface area contributed by atoms with E-state index in [0.29, 0.717) is 12.4 Å². The molecule has 3 aromatic rings. The lowest BCUT2D eigenvalue weighted by molar-refractivity contribution is 0.353. The Labute approximate surface area is 150 Å². The first-order chi connectivity index (χ1) is 12.3. The molecule has 3 rings (SSSR count). The van der Waals surface area contributed by atoms with Gasteiger partial charge >= 0.3 is 0 Å². The zero-order valence-corrected chi connectivity index (χ0v) is 15.4. The van der Waals surface area contributed by atoms with Crippen LogP contribution in [0.3, 0.4) is 0 Å². The molecular weight excluding hydrogens is 358 g/mol. The molecule has 26 heavy (non-hydrogen) atoms. The number of hydrogen-bond donors (Lipinski definition) is 2. The number of aryl methyl sites for hydroxylation is 2. The summed E-state index contributed by atoms with van der Waals surface area (Å²) < 4.78 is 37.7. The van der Waals surface area contributed by atoms with Gasteiger partial charge in [-0.15, -0.1) is 0 Å². The van der Waals surface area contributed by atoms with Gasteiger partial charge in [-0.1, -0.05) is 34.6 Å². The standard InChI is InChI=1S/C16H19N5O4S/c1-9-14(11(3)24-19-9)26(22,23)21-10(2)16-18-15(20-25-16)13-6-4-12(8-17)5-7-13/h4-7,10,21H,8,17H2,1-3H3. The SMILES string of the molecule is Cc1noc(C)c1S(=O)(=O)NC(C)c1nc(-c2ccc(CN)cc2)no1. The Morgan fingerprint density at radius 2 is 1.85 bits per heavy atom. The Bertz CT molecular complexity index is 988. The molecule has 0 amide bonds. The zero-order valence-electron chi connectivity index (χ0n) is 14.6. The van der Waals surface area contributed by atoms with Crippen LogP contribution < -0.4 is 10.5 Å². The molecule has 0 aliphatic heterocycles. The van der Waals surface area contributed by atoms with Gasteiger partial charge < -0.3 is 14.8 Å². The zero-order chi connectivity index (χ0) is 18.9. The molecule has 9 nitrogen and oxygen atoms in total. The lowest BCUT2D eigenvalue weighted by Gasteiger charge is -2.09. The number of rotatable bonds is 6. The Morgan fingerprint density at radius 1 is 1.15 bits per heavy atom. The molecule has 10 heteroatoms. The maximum atomic E-state index is 12.6. The lowest BCUT2D eigenvalue weighted by atomic mass is 10.1. The molecular formula is C16H19N5O4S. The van der Waals surface area contributed by atoms with Crippen LogP contribution in [0.15, 0.2) is 38.2 Å². The highest BCUT2D eigenvalue weighted by atomic mass is 32.2. The second-order valence-corrected chi connectivity index (χ2v) is 7.50. The van der Waals surface area contributed by atoms with E-state index in [9.17, 15) is 8.42 Å². The quantitative estimate of drug-likeness (QED) is 0.664. The minimum Gasteiger partial charge on any atom is -0.360 e. The molecule has 0 saturated carbocycles. The van der Waals surface area contributed by atoms with E-state index in [-0.39, 0.29) is 22.2 Å². The predicted octanol–water partition coefficient (Wildman–Crippen LogP) is 1.84. The number of aromatic nitrogens is 3. The second kappa shape index (κ2) is 6.98. The van der Waals surface area contributed by atoms with Crippen molar-refractivity contribution in [3.8, 4) is 11.4 Å². The molecule has 1 atom stereocenters. The van der Waals surface area contributed by atoms with Gasteiger partial charge in [0.05, 0.1) is 6.04 Å². The summed E-state index contributed by atoms with van der Waals surface area (Å²) in [5.41, 5.74) is 7.59. The molecule has 0 aliphatic carbocycles. The van der Waals surface area contributed by atoms with Crippen LogP contribution in [0.1, 0.15) is 35.9 Å². The van der Waals surface area contributed by atoms with Crippen molar-refractivity contribution in [2.75, 3.05) is 0 Å². The van der Waals surface area contributed by atoms with Gasteiger partial charge in [0.15, 0.2) is 5.76 Å². The Balaban J connectivity index is 1.80. The number of nitrogens with one attached hydrogen (secondary N) is 1. The Morgan fingerprint density at radius 3 is 2.42 bits per heavy atom. The van der Waals surface area contributed by atoms with Crippen LogP contribution in [0.5, 0.6) is 0 Å². The molecule has 2 aromatic heterocycles. The van der Waals surface area contributed by atoms with Gasteiger partial charge in [0.1, 0.15) is 10.6 Å². The largest absolute Gasteiger partial charge is 0.360 e. The third kappa shape index (κ3) is 3.52. The first-order valence-corrected chi connectivity index (χ1v) is 9.38. The fourth-order valence-electron chi connectivity index (χ4n) is 2.52. The summed E-state index contributed by atoms with van der Waals surface area (Å²) in [5.74, 6) is 0.735. The van der Waals surface area contributed by atoms with Crippen LogP contribution in [0.4, 0.5) is 0 Å². The molecule has 0 spiro atoms. The van der Waals surface area contributed by atoms with Crippen molar-refractivity contribution < 1.29 is 17.5 Å². The lowest BCUT2D eigenvalue weighted by Crippen LogP contribution is -2.27. The number of hydrogen-bond acceptors (Lipinski definition) is 8. The van der Waals surface area contributed by atoms with E-state index in [4.69, 9.17) is 14.8 Å². The van der Waals surface area contributed by atoms with Crippen molar-refractivity contribution in [3.05, 3.63) is 47.2 Å². The summed E-state index contributed by atoms with van der Waals surface area (Å²) in [5, 5.41) is 7.57. The van der Waals surface area contributed by atoms with E-state index >= 15 is 0 Å². The summed E-state index contributed by atoms with van der Waals surface area (Å²) in [6, 6.07) is 6.67. The molecule has 3 N–H and O–H groups in total. The number of sulfonamides is 1. The van der Waals surface area contributed by atoms with Crippen LogP contribution in [0.25, 0.3) is 11.4 Å². The van der Waals surface area contributed by atoms with Crippen LogP contribution in [0.2, 0.25) is 0 Å². The minimum atomic E-state index is -3.84. The molecule has 0 bridgehead atoms. The maximum absolute atomic E-state index is 12.6. The smallest absolute Gasteiger partial charge is 0.246 e. The third-order valence-corrected chi connectivity index (χ3v) is 5.61. The molecule has 0 radical (unpaired) electrons. The molecule has 138 valence electrons. The van der Waals surface area contributed by atoms with Crippen LogP contribution in [-0.4, -0.2) is 23.7 Å². The summed E-state index contributed by atoms with van der Waals surface area (Å²) >= 11 is 0. The van der Waals surface area contributed by atoms with E-state index in [1.807, 2.05) is 24.3 Å². The van der Waals surface area contributed by atoms with Crippen molar-refractivity contribution in [1.82, 2.24) is 20.0 Å². The Kier molecular flexibility index (Phi) is 4.90. The van der Waals surface area contributed by atoms with Gasteiger partial charge in [-0.2, -0.15) is 9.71 Å². The normalized spacial score (nSPS) is 13.1. The van der Waals surface area contributed by atoms with E-state index in [2.05, 4.69) is 20.0 Å². The first-order valence-electron chi connectivity index (χ1n) is 7.90. The van der Waals surface area contributed by atoms with E-state index < -0.39 is 16.1 Å². The van der Waals surface area contributed by atoms with Crippen molar-refractivity contribution in [1.29, 1.82) is 0 Å². The van der Waals surface area contributed by atoms with Gasteiger partial charge in [-0.3, -0.25) is 0 Å². The van der Waals surface area contributed by atoms with E-state index in [1.54, 1.807) is 13.8 Å². The summed E-state index contributed by atoms with van der Waals surface area (Å²) in [4.78, 5) is 4.29. The molecule has 2 heterocycles. The topological polar surface area (TPSA) is 137 Å². The Hall–Kier alpha value is -2.56. The van der Waals surface area contributed by atoms with Gasteiger partial charge in [0.25, 0.3) is 0 Å². The van der Waals surface area contributed by atoms with Gasteiger partial charge in [0.2, 0.25) is 21.7 Å². The average Bonchev–Trinajstić information content (AvgIpc) is 3.22. The molecule has 0 saturated heterocycles. The van der Waals surface area contributed by atoms with Gasteiger partial charge in [0, 0.05) is 12.1 Å². The number of nitrogens with zero attached hydrogens (tertiary/aromatic N) is 3. The van der Waals surface area contributed by atoms with Crippen molar-refractivity contribution in [3.63, 3.8) is 0 Å². The van der Waals surface area contributed by atoms with Crippen LogP contribution in [-0.2, 0) is 16.6 Å². The molecule has 0 aliphatic rings. The highest BCUT2D eigenvalue weighted by Gasteiger charge is 2.28. The summed E-state index contributed by atoms with van der Waals surface area (Å²) in [6.07, 6.45) is 0. The van der Waals surface area contributed by atoms with Crippen molar-refractivity contribution in [2.24, 2.45) is 5.73 Å². The fraction of sp³-hybridized carbons (Fsp3) is 0.312. The first kappa shape index (κ1) is 18.2. The van der Waals surface area contributed by atoms with Gasteiger partial charge in [-0.05, 0) is 26.3 Å². The van der Waals surface area contributed by atoms with Crippen LogP contribution >= 0.6 is 0 Å². The van der Waals surface area contributed by atoms with Crippen molar-refractivity contribution >= 4 is 10.0 Å². The number of nitrogens with two attached hydrogens (primary N) is 1. The summed E-state index contributed by atoms with van der Waals surface area (Å²) in [6.45, 7) is 5.16. The average molecular weight is 377 g/mol. The monoisotopic (exact) mass is 377 g/mol. The van der Waals surface area contributed by atoms with Gasteiger partial charge in [-0.25, -0.2) is 8.42 Å². The van der Waals surface area contributed by atoms with Crippen LogP contribution in [0, 0.1) is 13.8 Å². The summed E-state index contributed by atoms with van der Waals surface area (Å²) in [7, 11) is -3.84. The fourth-order valence-corrected chi connectivity index (χ4v) is 4.04. The highest BCUT2D eigenvalue weighted by Crippen LogP contribution is 2.23. The van der Waals surface area contributed by atoms with Crippen molar-refractivity contribution in [2.45, 2.75) is 38.3 Å².